The lowest BCUT2D eigenvalue weighted by Gasteiger charge is -2.40. The minimum absolute atomic E-state index is 0.207. The number of carbonyl (C=O) groups is 6. The predicted octanol–water partition coefficient (Wildman–Crippen LogP) is 24.5. The van der Waals surface area contributed by atoms with Crippen LogP contribution in [-0.4, -0.2) is 72.9 Å². The summed E-state index contributed by atoms with van der Waals surface area (Å²) in [6, 6.07) is 74.0. The van der Waals surface area contributed by atoms with Gasteiger partial charge in [0.2, 0.25) is 0 Å². The lowest BCUT2D eigenvalue weighted by Crippen LogP contribution is -2.33. The minimum Gasteiger partial charge on any atom is -0.420 e. The van der Waals surface area contributed by atoms with Crippen LogP contribution in [0.2, 0.25) is 0 Å². The molecule has 0 unspecified atom stereocenters. The molecular formula is C99H48F18O12. The zero-order chi connectivity index (χ0) is 90.9. The molecule has 0 amide bonds. The Hall–Kier alpha value is -15.4. The van der Waals surface area contributed by atoms with Crippen molar-refractivity contribution in [1.82, 2.24) is 0 Å². The summed E-state index contributed by atoms with van der Waals surface area (Å²) in [5, 5.41) is 3.05. The Balaban J connectivity index is 1.02. The number of benzene rings is 16. The number of esters is 6. The summed E-state index contributed by atoms with van der Waals surface area (Å²) >= 11 is 0. The van der Waals surface area contributed by atoms with Gasteiger partial charge in [0.15, 0.2) is 0 Å². The van der Waals surface area contributed by atoms with Gasteiger partial charge in [-0.05, 0) is 274 Å². The van der Waals surface area contributed by atoms with Gasteiger partial charge < -0.3 is 28.4 Å². The normalized spacial score (nSPS) is 14.2. The molecule has 642 valence electrons. The van der Waals surface area contributed by atoms with Crippen molar-refractivity contribution >= 4 is 100 Å². The third-order valence-corrected chi connectivity index (χ3v) is 23.5. The fourth-order valence-electron chi connectivity index (χ4n) is 18.6. The standard InChI is InChI=1S/C99H48F18O12/c100-94(101,102)85(118)124-67-31-19-49-37-61(25-13-55(49)43-67)91(62-26-14-56-44-68(32-20-50(56)38-62)125-86(119)95(103,104)105)76-10-4-1-7-73(76)79-82(91)80-75-9-3-6-12-78(75)93(65-29-17-59-47-71(35-23-53(59)41-65)128-89(122)98(112,113)114,66-30-18-60-48-72(36-24-54(60)42-66)129-90(123)99(115,116)117)84(80)81-74-8-2-5-11-77(74)92(83(79)81,63-27-15-57-45-69(33-21-51(57)39-63)126-87(120)96(106,107)108)64-28-16-58-46-70(34-22-52(58)40-64)127-88(121)97(109,110)111/h1-48H. The van der Waals surface area contributed by atoms with Gasteiger partial charge in [-0.3, -0.25) is 0 Å². The van der Waals surface area contributed by atoms with E-state index in [0.29, 0.717) is 132 Å². The number of hydrogen-bond acceptors (Lipinski definition) is 12. The summed E-state index contributed by atoms with van der Waals surface area (Å²) in [7, 11) is 0. The predicted molar refractivity (Wildman–Crippen MR) is 434 cm³/mol. The van der Waals surface area contributed by atoms with Crippen molar-refractivity contribution in [2.45, 2.75) is 53.3 Å². The number of alkyl halides is 18. The highest BCUT2D eigenvalue weighted by Gasteiger charge is 2.62. The molecule has 3 aliphatic rings. The van der Waals surface area contributed by atoms with Crippen LogP contribution in [0.15, 0.2) is 291 Å². The summed E-state index contributed by atoms with van der Waals surface area (Å²) in [5.74, 6) is -18.4. The van der Waals surface area contributed by atoms with Crippen LogP contribution in [-0.2, 0) is 45.0 Å². The molecule has 0 aliphatic heterocycles. The van der Waals surface area contributed by atoms with Gasteiger partial charge in [-0.1, -0.05) is 182 Å². The van der Waals surface area contributed by atoms with Gasteiger partial charge in [0.1, 0.15) is 34.5 Å². The zero-order valence-corrected chi connectivity index (χ0v) is 64.9. The molecule has 0 bridgehead atoms. The Labute approximate surface area is 712 Å². The molecule has 12 nitrogen and oxygen atoms in total. The molecule has 0 saturated heterocycles. The van der Waals surface area contributed by atoms with E-state index in [2.05, 4.69) is 0 Å². The largest absolute Gasteiger partial charge is 0.491 e. The minimum atomic E-state index is -5.45. The van der Waals surface area contributed by atoms with Crippen molar-refractivity contribution in [3.63, 3.8) is 0 Å². The molecule has 0 saturated carbocycles. The van der Waals surface area contributed by atoms with Crippen LogP contribution in [0.25, 0.3) is 98.0 Å². The van der Waals surface area contributed by atoms with Crippen LogP contribution >= 0.6 is 0 Å². The summed E-state index contributed by atoms with van der Waals surface area (Å²) in [6.45, 7) is 0. The van der Waals surface area contributed by atoms with E-state index in [-0.39, 0.29) is 32.3 Å². The van der Waals surface area contributed by atoms with Crippen molar-refractivity contribution in [3.8, 4) is 67.9 Å². The second-order valence-electron chi connectivity index (χ2n) is 30.8. The van der Waals surface area contributed by atoms with Crippen LogP contribution in [0, 0.1) is 0 Å². The third-order valence-electron chi connectivity index (χ3n) is 23.5. The van der Waals surface area contributed by atoms with E-state index >= 15 is 0 Å². The number of rotatable bonds is 12. The van der Waals surface area contributed by atoms with Crippen molar-refractivity contribution in [2.24, 2.45) is 0 Å². The maximum absolute atomic E-state index is 14.0. The van der Waals surface area contributed by atoms with E-state index in [1.165, 1.54) is 72.8 Å². The summed E-state index contributed by atoms with van der Waals surface area (Å²) in [6.07, 6.45) is -32.7. The quantitative estimate of drug-likeness (QED) is 0.0649. The van der Waals surface area contributed by atoms with Gasteiger partial charge in [0, 0.05) is 0 Å². The molecule has 129 heavy (non-hydrogen) atoms. The Morgan fingerprint density at radius 1 is 0.186 bits per heavy atom. The SMILES string of the molecule is O=C(Oc1ccc2cc(C3(c4ccc5cc(OC(=O)C(F)(F)F)ccc5c4)c4ccccc4-c4c3c3c(c5c4C(c4ccc6cc(OC(=O)C(F)(F)F)ccc6c4)(c4ccc6cc(OC(=O)C(F)(F)F)ccc6c4)c4ccccc4-5)C(c4ccc5cc(OC(=O)C(F)(F)F)ccc5c4)(c4ccc5cc(OC(=O)C(F)(F)F)ccc5c4)c4ccccc4-3)ccc2c1)C(F)(F)F. The fraction of sp³-hybridized carbons (Fsp3) is 0.0909. The van der Waals surface area contributed by atoms with Gasteiger partial charge in [-0.2, -0.15) is 79.0 Å². The van der Waals surface area contributed by atoms with Crippen LogP contribution in [0.1, 0.15) is 66.8 Å². The lowest BCUT2D eigenvalue weighted by molar-refractivity contribution is -0.189. The van der Waals surface area contributed by atoms with E-state index in [1.807, 2.05) is 36.4 Å². The second-order valence-corrected chi connectivity index (χ2v) is 30.8. The second kappa shape index (κ2) is 29.4. The molecule has 0 N–H and O–H groups in total. The molecule has 0 atom stereocenters. The van der Waals surface area contributed by atoms with Gasteiger partial charge >= 0.3 is 72.9 Å². The molecule has 0 aromatic heterocycles. The molecule has 0 heterocycles. The maximum Gasteiger partial charge on any atom is 0.491 e. The average Bonchev–Trinajstić information content (AvgIpc) is 1.46. The van der Waals surface area contributed by atoms with E-state index in [0.717, 1.165) is 36.4 Å². The average molecular weight is 1770 g/mol. The van der Waals surface area contributed by atoms with E-state index in [9.17, 15) is 108 Å². The lowest BCUT2D eigenvalue weighted by atomic mass is 9.60. The van der Waals surface area contributed by atoms with Crippen LogP contribution in [0.4, 0.5) is 79.0 Å². The Kier molecular flexibility index (Phi) is 18.9. The monoisotopic (exact) mass is 1770 g/mol. The van der Waals surface area contributed by atoms with Crippen molar-refractivity contribution in [2.75, 3.05) is 0 Å². The molecule has 0 fully saturated rings. The number of carbonyl (C=O) groups excluding carboxylic acids is 6. The molecule has 16 aromatic rings. The summed E-state index contributed by atoms with van der Waals surface area (Å²) < 4.78 is 282. The highest BCUT2D eigenvalue weighted by atomic mass is 19.4. The van der Waals surface area contributed by atoms with Gasteiger partial charge in [-0.15, -0.1) is 0 Å². The van der Waals surface area contributed by atoms with Gasteiger partial charge in [0.05, 0.1) is 16.2 Å². The molecule has 16 aromatic carbocycles. The number of halogens is 18. The van der Waals surface area contributed by atoms with Gasteiger partial charge in [0.25, 0.3) is 0 Å². The van der Waals surface area contributed by atoms with Crippen molar-refractivity contribution < 1.29 is 136 Å². The smallest absolute Gasteiger partial charge is 0.420 e. The first kappa shape index (κ1) is 83.2. The van der Waals surface area contributed by atoms with E-state index < -0.39 is 124 Å². The summed E-state index contributed by atoms with van der Waals surface area (Å²) in [4.78, 5) is 75.2. The highest BCUT2D eigenvalue weighted by Crippen LogP contribution is 2.73. The molecular weight excluding hydrogens is 1720 g/mol. The molecule has 3 aliphatic carbocycles. The van der Waals surface area contributed by atoms with Crippen LogP contribution in [0.3, 0.4) is 0 Å². The molecule has 30 heteroatoms. The topological polar surface area (TPSA) is 158 Å². The summed E-state index contributed by atoms with van der Waals surface area (Å²) in [5.41, 5.74) is 1.61. The third kappa shape index (κ3) is 13.7. The van der Waals surface area contributed by atoms with Crippen LogP contribution in [0.5, 0.6) is 34.5 Å². The zero-order valence-electron chi connectivity index (χ0n) is 64.9. The molecule has 0 radical (unpaired) electrons. The van der Waals surface area contributed by atoms with Crippen molar-refractivity contribution in [3.05, 3.63) is 358 Å². The first-order chi connectivity index (χ1) is 61.1. The highest BCUT2D eigenvalue weighted by molar-refractivity contribution is 6.11. The first-order valence-corrected chi connectivity index (χ1v) is 38.7. The number of hydrogen-bond donors (Lipinski definition) is 0. The van der Waals surface area contributed by atoms with Crippen LogP contribution < -0.4 is 28.4 Å². The number of ether oxygens (including phenoxy) is 6. The number of fused-ring (bicyclic) bond motifs is 18. The molecule has 19 rings (SSSR count). The van der Waals surface area contributed by atoms with Crippen molar-refractivity contribution in [1.29, 1.82) is 0 Å². The maximum atomic E-state index is 14.0. The first-order valence-electron chi connectivity index (χ1n) is 38.7. The van der Waals surface area contributed by atoms with E-state index in [4.69, 9.17) is 28.4 Å². The Bertz CT molecular complexity index is 6530. The fourth-order valence-corrected chi connectivity index (χ4v) is 18.6. The Morgan fingerprint density at radius 3 is 0.496 bits per heavy atom. The van der Waals surface area contributed by atoms with Gasteiger partial charge in [-0.25, -0.2) is 28.8 Å². The van der Waals surface area contributed by atoms with E-state index in [1.54, 1.807) is 146 Å². The Morgan fingerprint density at radius 2 is 0.333 bits per heavy atom. The molecule has 0 spiro atoms.